The summed E-state index contributed by atoms with van der Waals surface area (Å²) in [6.45, 7) is 0. The van der Waals surface area contributed by atoms with E-state index in [0.717, 1.165) is 31.2 Å². The molecule has 0 aromatic heterocycles. The minimum absolute atomic E-state index is 0.192. The molecule has 0 heterocycles. The van der Waals surface area contributed by atoms with Crippen molar-refractivity contribution in [3.05, 3.63) is 70.8 Å². The van der Waals surface area contributed by atoms with Gasteiger partial charge < -0.3 is 10.6 Å². The predicted octanol–water partition coefficient (Wildman–Crippen LogP) is 5.05. The van der Waals surface area contributed by atoms with Crippen molar-refractivity contribution in [1.82, 2.24) is 5.32 Å². The maximum Gasteiger partial charge on any atom is 0.253 e. The van der Waals surface area contributed by atoms with Gasteiger partial charge in [-0.15, -0.1) is 0 Å². The average molecular weight is 383 g/mol. The summed E-state index contributed by atoms with van der Waals surface area (Å²) in [5.74, 6) is -0.456. The fourth-order valence-corrected chi connectivity index (χ4v) is 3.41. The van der Waals surface area contributed by atoms with Crippen molar-refractivity contribution in [3.8, 4) is 0 Å². The Kier molecular flexibility index (Phi) is 6.66. The van der Waals surface area contributed by atoms with Crippen LogP contribution in [0, 0.1) is 0 Å². The van der Waals surface area contributed by atoms with Gasteiger partial charge in [-0.1, -0.05) is 61.2 Å². The summed E-state index contributed by atoms with van der Waals surface area (Å²) in [6.07, 6.45) is 8.72. The fraction of sp³-hybridized carbons (Fsp3) is 0.273. The van der Waals surface area contributed by atoms with E-state index in [-0.39, 0.29) is 17.9 Å². The molecule has 1 aliphatic carbocycles. The Balaban J connectivity index is 1.64. The number of carbonyl (C=O) groups excluding carboxylic acids is 2. The lowest BCUT2D eigenvalue weighted by Crippen LogP contribution is -2.36. The smallest absolute Gasteiger partial charge is 0.253 e. The lowest BCUT2D eigenvalue weighted by Gasteiger charge is -2.23. The van der Waals surface area contributed by atoms with Crippen LogP contribution in [0.25, 0.3) is 6.08 Å². The first-order valence-corrected chi connectivity index (χ1v) is 9.64. The van der Waals surface area contributed by atoms with Crippen molar-refractivity contribution in [2.45, 2.75) is 38.1 Å². The zero-order chi connectivity index (χ0) is 19.1. The first kappa shape index (κ1) is 19.2. The third-order valence-electron chi connectivity index (χ3n) is 4.65. The Labute approximate surface area is 164 Å². The van der Waals surface area contributed by atoms with Crippen LogP contribution in [-0.4, -0.2) is 17.9 Å². The molecule has 1 fully saturated rings. The topological polar surface area (TPSA) is 58.2 Å². The van der Waals surface area contributed by atoms with E-state index >= 15 is 0 Å². The number of amides is 2. The summed E-state index contributed by atoms with van der Waals surface area (Å²) in [7, 11) is 0. The molecule has 4 nitrogen and oxygen atoms in total. The summed E-state index contributed by atoms with van der Waals surface area (Å²) in [6, 6.07) is 14.7. The number of nitrogens with one attached hydrogen (secondary N) is 2. The van der Waals surface area contributed by atoms with Gasteiger partial charge in [0.15, 0.2) is 0 Å². The number of carbonyl (C=O) groups is 2. The molecule has 0 radical (unpaired) electrons. The standard InChI is InChI=1S/C22H23ClN2O2/c23-20-13-12-18(24-21(26)14-11-16-7-3-1-4-8-16)15-19(20)22(27)25-17-9-5-2-6-10-17/h1,3-4,7-8,11-15,17H,2,5-6,9-10H2,(H,24,26)(H,25,27)/b14-11+. The van der Waals surface area contributed by atoms with E-state index < -0.39 is 0 Å². The largest absolute Gasteiger partial charge is 0.349 e. The summed E-state index contributed by atoms with van der Waals surface area (Å²) >= 11 is 6.20. The molecule has 0 bridgehead atoms. The molecule has 27 heavy (non-hydrogen) atoms. The highest BCUT2D eigenvalue weighted by atomic mass is 35.5. The number of benzene rings is 2. The summed E-state index contributed by atoms with van der Waals surface area (Å²) in [4.78, 5) is 24.7. The lowest BCUT2D eigenvalue weighted by atomic mass is 9.95. The van der Waals surface area contributed by atoms with Crippen LogP contribution < -0.4 is 10.6 Å². The molecule has 1 saturated carbocycles. The maximum atomic E-state index is 12.6. The van der Waals surface area contributed by atoms with Crippen molar-refractivity contribution in [3.63, 3.8) is 0 Å². The Morgan fingerprint density at radius 3 is 2.48 bits per heavy atom. The number of hydrogen-bond donors (Lipinski definition) is 2. The van der Waals surface area contributed by atoms with Crippen LogP contribution in [0.5, 0.6) is 0 Å². The zero-order valence-corrected chi connectivity index (χ0v) is 15.8. The van der Waals surface area contributed by atoms with Gasteiger partial charge in [0, 0.05) is 17.8 Å². The second-order valence-electron chi connectivity index (χ2n) is 6.74. The molecule has 1 aliphatic rings. The van der Waals surface area contributed by atoms with Gasteiger partial charge in [-0.25, -0.2) is 0 Å². The van der Waals surface area contributed by atoms with Crippen molar-refractivity contribution in [2.24, 2.45) is 0 Å². The van der Waals surface area contributed by atoms with Gasteiger partial charge >= 0.3 is 0 Å². The number of anilines is 1. The van der Waals surface area contributed by atoms with Crippen LogP contribution in [0.3, 0.4) is 0 Å². The van der Waals surface area contributed by atoms with Gasteiger partial charge in [-0.2, -0.15) is 0 Å². The summed E-state index contributed by atoms with van der Waals surface area (Å²) in [5, 5.41) is 6.20. The van der Waals surface area contributed by atoms with Gasteiger partial charge in [0.1, 0.15) is 0 Å². The monoisotopic (exact) mass is 382 g/mol. The first-order valence-electron chi connectivity index (χ1n) is 9.26. The molecule has 0 unspecified atom stereocenters. The van der Waals surface area contributed by atoms with Crippen LogP contribution in [0.1, 0.15) is 48.0 Å². The normalized spacial score (nSPS) is 14.9. The number of rotatable bonds is 5. The van der Waals surface area contributed by atoms with Crippen LogP contribution in [0.15, 0.2) is 54.6 Å². The molecule has 0 spiro atoms. The molecule has 2 aromatic carbocycles. The number of hydrogen-bond acceptors (Lipinski definition) is 2. The van der Waals surface area contributed by atoms with E-state index in [0.29, 0.717) is 16.3 Å². The molecule has 0 aliphatic heterocycles. The van der Waals surface area contributed by atoms with E-state index in [1.165, 1.54) is 12.5 Å². The molecule has 2 aromatic rings. The Morgan fingerprint density at radius 1 is 1.00 bits per heavy atom. The zero-order valence-electron chi connectivity index (χ0n) is 15.1. The highest BCUT2D eigenvalue weighted by molar-refractivity contribution is 6.34. The Morgan fingerprint density at radius 2 is 1.74 bits per heavy atom. The minimum Gasteiger partial charge on any atom is -0.349 e. The molecule has 140 valence electrons. The Bertz CT molecular complexity index is 827. The highest BCUT2D eigenvalue weighted by Crippen LogP contribution is 2.23. The molecule has 3 rings (SSSR count). The van der Waals surface area contributed by atoms with Crippen LogP contribution in [0.4, 0.5) is 5.69 Å². The molecule has 2 amide bonds. The van der Waals surface area contributed by atoms with Gasteiger partial charge in [0.25, 0.3) is 5.91 Å². The minimum atomic E-state index is -0.264. The van der Waals surface area contributed by atoms with E-state index in [2.05, 4.69) is 10.6 Å². The van der Waals surface area contributed by atoms with Gasteiger partial charge in [0.2, 0.25) is 5.91 Å². The third-order valence-corrected chi connectivity index (χ3v) is 4.98. The average Bonchev–Trinajstić information content (AvgIpc) is 2.69. The van der Waals surface area contributed by atoms with Crippen molar-refractivity contribution in [2.75, 3.05) is 5.32 Å². The van der Waals surface area contributed by atoms with E-state index in [9.17, 15) is 9.59 Å². The van der Waals surface area contributed by atoms with Gasteiger partial charge in [0.05, 0.1) is 10.6 Å². The van der Waals surface area contributed by atoms with E-state index in [1.54, 1.807) is 24.3 Å². The van der Waals surface area contributed by atoms with Crippen molar-refractivity contribution in [1.29, 1.82) is 0 Å². The van der Waals surface area contributed by atoms with Gasteiger partial charge in [-0.05, 0) is 42.7 Å². The Hall–Kier alpha value is -2.59. The predicted molar refractivity (Wildman–Crippen MR) is 110 cm³/mol. The lowest BCUT2D eigenvalue weighted by molar-refractivity contribution is -0.111. The molecular formula is C22H23ClN2O2. The van der Waals surface area contributed by atoms with Crippen molar-refractivity contribution >= 4 is 35.2 Å². The SMILES string of the molecule is O=C(/C=C/c1ccccc1)Nc1ccc(Cl)c(C(=O)NC2CCCCC2)c1. The second kappa shape index (κ2) is 9.38. The fourth-order valence-electron chi connectivity index (χ4n) is 3.21. The summed E-state index contributed by atoms with van der Waals surface area (Å²) in [5.41, 5.74) is 1.86. The van der Waals surface area contributed by atoms with Crippen LogP contribution >= 0.6 is 11.6 Å². The van der Waals surface area contributed by atoms with Crippen molar-refractivity contribution < 1.29 is 9.59 Å². The van der Waals surface area contributed by atoms with E-state index in [1.807, 2.05) is 30.3 Å². The molecule has 5 heteroatoms. The number of halogens is 1. The first-order chi connectivity index (χ1) is 13.1. The molecule has 0 saturated heterocycles. The quantitative estimate of drug-likeness (QED) is 0.710. The maximum absolute atomic E-state index is 12.6. The molecule has 0 atom stereocenters. The molecular weight excluding hydrogens is 360 g/mol. The third kappa shape index (κ3) is 5.69. The second-order valence-corrected chi connectivity index (χ2v) is 7.14. The van der Waals surface area contributed by atoms with Crippen LogP contribution in [0.2, 0.25) is 5.02 Å². The van der Waals surface area contributed by atoms with E-state index in [4.69, 9.17) is 11.6 Å². The van der Waals surface area contributed by atoms with Crippen LogP contribution in [-0.2, 0) is 4.79 Å². The molecule has 2 N–H and O–H groups in total. The highest BCUT2D eigenvalue weighted by Gasteiger charge is 2.18. The summed E-state index contributed by atoms with van der Waals surface area (Å²) < 4.78 is 0. The van der Waals surface area contributed by atoms with Gasteiger partial charge in [-0.3, -0.25) is 9.59 Å².